The Morgan fingerprint density at radius 3 is 2.26 bits per heavy atom. The van der Waals surface area contributed by atoms with Crippen molar-refractivity contribution in [2.75, 3.05) is 13.7 Å². The van der Waals surface area contributed by atoms with Gasteiger partial charge in [-0.05, 0) is 54.8 Å². The Hall–Kier alpha value is -3.06. The summed E-state index contributed by atoms with van der Waals surface area (Å²) in [5.74, 6) is 0.318. The second kappa shape index (κ2) is 12.0. The lowest BCUT2D eigenvalue weighted by Crippen LogP contribution is -2.41. The van der Waals surface area contributed by atoms with E-state index in [9.17, 15) is 14.4 Å². The summed E-state index contributed by atoms with van der Waals surface area (Å²) in [5, 5.41) is 0.531. The number of benzene rings is 2. The van der Waals surface area contributed by atoms with Gasteiger partial charge in [0.25, 0.3) is 5.91 Å². The molecule has 166 valence electrons. The second-order valence-corrected chi connectivity index (χ2v) is 7.77. The number of nitrogens with one attached hydrogen (secondary N) is 2. The molecule has 0 bridgehead atoms. The van der Waals surface area contributed by atoms with Gasteiger partial charge in [0.2, 0.25) is 5.91 Å². The van der Waals surface area contributed by atoms with E-state index in [0.717, 1.165) is 6.42 Å². The summed E-state index contributed by atoms with van der Waals surface area (Å²) in [7, 11) is 1.49. The molecule has 31 heavy (non-hydrogen) atoms. The van der Waals surface area contributed by atoms with Gasteiger partial charge in [-0.2, -0.15) is 0 Å². The van der Waals surface area contributed by atoms with Crippen LogP contribution in [0.3, 0.4) is 0 Å². The zero-order valence-corrected chi connectivity index (χ0v) is 18.6. The first-order chi connectivity index (χ1) is 14.8. The van der Waals surface area contributed by atoms with E-state index in [1.165, 1.54) is 13.2 Å². The van der Waals surface area contributed by atoms with Crippen molar-refractivity contribution in [2.45, 2.75) is 33.1 Å². The molecule has 0 saturated heterocycles. The summed E-state index contributed by atoms with van der Waals surface area (Å²) in [4.78, 5) is 36.4. The van der Waals surface area contributed by atoms with E-state index < -0.39 is 11.8 Å². The molecule has 0 heterocycles. The quantitative estimate of drug-likeness (QED) is 0.421. The van der Waals surface area contributed by atoms with E-state index in [1.54, 1.807) is 36.4 Å². The number of hydrogen-bond donors (Lipinski definition) is 2. The first-order valence-corrected chi connectivity index (χ1v) is 10.4. The normalized spacial score (nSPS) is 10.5. The molecular formula is C23H27ClN2O5. The molecule has 2 N–H and O–H groups in total. The van der Waals surface area contributed by atoms with Crippen LogP contribution < -0.4 is 20.3 Å². The minimum absolute atomic E-state index is 0.0135. The van der Waals surface area contributed by atoms with Gasteiger partial charge in [0, 0.05) is 29.0 Å². The number of halogens is 1. The average Bonchev–Trinajstić information content (AvgIpc) is 2.76. The third-order valence-corrected chi connectivity index (χ3v) is 4.69. The third-order valence-electron chi connectivity index (χ3n) is 4.44. The number of hydrogen-bond acceptors (Lipinski definition) is 5. The van der Waals surface area contributed by atoms with E-state index in [2.05, 4.69) is 24.7 Å². The standard InChI is InChI=1S/C23H27ClN2O5/c1-15(2)12-13-31-20-10-6-17(14-21(20)30-3)23(29)26-25-22(28)11-9-19(27)16-4-7-18(24)8-5-16/h4-8,10,14-15H,9,11-13H2,1-3H3,(H,25,28)(H,26,29). The Morgan fingerprint density at radius 1 is 0.935 bits per heavy atom. The molecule has 7 nitrogen and oxygen atoms in total. The van der Waals surface area contributed by atoms with Crippen LogP contribution in [-0.4, -0.2) is 31.3 Å². The van der Waals surface area contributed by atoms with Crippen LogP contribution >= 0.6 is 11.6 Å². The lowest BCUT2D eigenvalue weighted by Gasteiger charge is -2.13. The third kappa shape index (κ3) is 7.94. The number of Topliss-reactive ketones (excluding diaryl/α,β-unsaturated/α-hetero) is 1. The molecule has 0 aliphatic heterocycles. The van der Waals surface area contributed by atoms with E-state index in [4.69, 9.17) is 21.1 Å². The highest BCUT2D eigenvalue weighted by atomic mass is 35.5. The van der Waals surface area contributed by atoms with Crippen molar-refractivity contribution in [1.29, 1.82) is 0 Å². The van der Waals surface area contributed by atoms with Crippen LogP contribution in [0.2, 0.25) is 5.02 Å². The molecule has 2 rings (SSSR count). The topological polar surface area (TPSA) is 93.7 Å². The Bertz CT molecular complexity index is 913. The molecule has 2 aromatic rings. The van der Waals surface area contributed by atoms with Crippen molar-refractivity contribution in [3.8, 4) is 11.5 Å². The van der Waals surface area contributed by atoms with E-state index in [1.807, 2.05) is 0 Å². The number of carbonyl (C=O) groups is 3. The number of methoxy groups -OCH3 is 1. The smallest absolute Gasteiger partial charge is 0.269 e. The van der Waals surface area contributed by atoms with Crippen molar-refractivity contribution < 1.29 is 23.9 Å². The molecule has 0 radical (unpaired) electrons. The molecule has 0 atom stereocenters. The van der Waals surface area contributed by atoms with Crippen molar-refractivity contribution in [3.05, 3.63) is 58.6 Å². The Morgan fingerprint density at radius 2 is 1.61 bits per heavy atom. The predicted octanol–water partition coefficient (Wildman–Crippen LogP) is 4.20. The minimum Gasteiger partial charge on any atom is -0.493 e. The van der Waals surface area contributed by atoms with Gasteiger partial charge >= 0.3 is 0 Å². The zero-order valence-electron chi connectivity index (χ0n) is 17.9. The van der Waals surface area contributed by atoms with Gasteiger partial charge < -0.3 is 9.47 Å². The largest absolute Gasteiger partial charge is 0.493 e. The summed E-state index contributed by atoms with van der Waals surface area (Å²) in [6.45, 7) is 4.76. The minimum atomic E-state index is -0.510. The Balaban J connectivity index is 1.83. The van der Waals surface area contributed by atoms with Crippen LogP contribution in [0, 0.1) is 5.92 Å². The molecule has 0 spiro atoms. The number of amides is 2. The van der Waals surface area contributed by atoms with Crippen LogP contribution in [0.25, 0.3) is 0 Å². The fourth-order valence-corrected chi connectivity index (χ4v) is 2.73. The molecular weight excluding hydrogens is 420 g/mol. The average molecular weight is 447 g/mol. The van der Waals surface area contributed by atoms with E-state index in [-0.39, 0.29) is 18.6 Å². The molecule has 0 aliphatic carbocycles. The van der Waals surface area contributed by atoms with E-state index >= 15 is 0 Å². The van der Waals surface area contributed by atoms with Gasteiger partial charge in [-0.3, -0.25) is 25.2 Å². The summed E-state index contributed by atoms with van der Waals surface area (Å²) >= 11 is 5.80. The number of ether oxygens (including phenoxy) is 2. The fraction of sp³-hybridized carbons (Fsp3) is 0.348. The molecule has 0 aromatic heterocycles. The first-order valence-electron chi connectivity index (χ1n) is 9.99. The van der Waals surface area contributed by atoms with Gasteiger partial charge in [-0.15, -0.1) is 0 Å². The summed E-state index contributed by atoms with van der Waals surface area (Å²) < 4.78 is 11.0. The molecule has 0 saturated carbocycles. The number of hydrazine groups is 1. The van der Waals surface area contributed by atoms with Crippen LogP contribution in [0.1, 0.15) is 53.8 Å². The number of ketones is 1. The van der Waals surface area contributed by atoms with Crippen LogP contribution in [0.5, 0.6) is 11.5 Å². The Labute approximate surface area is 187 Å². The molecule has 2 aromatic carbocycles. The first kappa shape index (κ1) is 24.2. The van der Waals surface area contributed by atoms with Crippen molar-refractivity contribution in [1.82, 2.24) is 10.9 Å². The lowest BCUT2D eigenvalue weighted by molar-refractivity contribution is -0.121. The van der Waals surface area contributed by atoms with E-state index in [0.29, 0.717) is 40.2 Å². The monoisotopic (exact) mass is 446 g/mol. The molecule has 0 aliphatic rings. The highest BCUT2D eigenvalue weighted by molar-refractivity contribution is 6.30. The molecule has 0 fully saturated rings. The zero-order chi connectivity index (χ0) is 22.8. The van der Waals surface area contributed by atoms with Crippen LogP contribution in [-0.2, 0) is 4.79 Å². The summed E-state index contributed by atoms with van der Waals surface area (Å²) in [6, 6.07) is 11.2. The van der Waals surface area contributed by atoms with Gasteiger partial charge in [-0.1, -0.05) is 25.4 Å². The van der Waals surface area contributed by atoms with Gasteiger partial charge in [0.05, 0.1) is 13.7 Å². The van der Waals surface area contributed by atoms with Gasteiger partial charge in [0.15, 0.2) is 17.3 Å². The molecule has 8 heteroatoms. The van der Waals surface area contributed by atoms with Crippen LogP contribution in [0.4, 0.5) is 0 Å². The predicted molar refractivity (Wildman–Crippen MR) is 119 cm³/mol. The molecule has 0 unspecified atom stereocenters. The fourth-order valence-electron chi connectivity index (χ4n) is 2.60. The maximum absolute atomic E-state index is 12.3. The highest BCUT2D eigenvalue weighted by Crippen LogP contribution is 2.28. The number of carbonyl (C=O) groups excluding carboxylic acids is 3. The van der Waals surface area contributed by atoms with Gasteiger partial charge in [-0.25, -0.2) is 0 Å². The molecule has 2 amide bonds. The second-order valence-electron chi connectivity index (χ2n) is 7.33. The van der Waals surface area contributed by atoms with Crippen molar-refractivity contribution >= 4 is 29.2 Å². The number of rotatable bonds is 10. The maximum atomic E-state index is 12.3. The Kier molecular flexibility index (Phi) is 9.34. The SMILES string of the molecule is COc1cc(C(=O)NNC(=O)CCC(=O)c2ccc(Cl)cc2)ccc1OCCC(C)C. The summed E-state index contributed by atoms with van der Waals surface area (Å²) in [5.41, 5.74) is 5.42. The van der Waals surface area contributed by atoms with Crippen LogP contribution in [0.15, 0.2) is 42.5 Å². The lowest BCUT2D eigenvalue weighted by atomic mass is 10.1. The van der Waals surface area contributed by atoms with Crippen molar-refractivity contribution in [3.63, 3.8) is 0 Å². The highest BCUT2D eigenvalue weighted by Gasteiger charge is 2.14. The summed E-state index contributed by atoms with van der Waals surface area (Å²) in [6.07, 6.45) is 0.852. The van der Waals surface area contributed by atoms with Crippen molar-refractivity contribution in [2.24, 2.45) is 5.92 Å². The maximum Gasteiger partial charge on any atom is 0.269 e. The van der Waals surface area contributed by atoms with Gasteiger partial charge in [0.1, 0.15) is 0 Å².